The second-order valence-corrected chi connectivity index (χ2v) is 7.60. The van der Waals surface area contributed by atoms with Crippen LogP contribution < -0.4 is 10.1 Å². The first kappa shape index (κ1) is 19.9. The van der Waals surface area contributed by atoms with Gasteiger partial charge in [0, 0.05) is 6.42 Å². The van der Waals surface area contributed by atoms with E-state index in [1.54, 1.807) is 13.8 Å². The number of carboxylic acids is 1. The van der Waals surface area contributed by atoms with Crippen LogP contribution in [0.15, 0.2) is 23.1 Å². The molecule has 0 fully saturated rings. The van der Waals surface area contributed by atoms with Gasteiger partial charge in [-0.05, 0) is 24.1 Å². The number of nitrogens with one attached hydrogen (secondary N) is 1. The van der Waals surface area contributed by atoms with Gasteiger partial charge < -0.3 is 15.2 Å². The maximum atomic E-state index is 13.6. The molecule has 1 amide bonds. The molecule has 0 aliphatic carbocycles. The second-order valence-electron chi connectivity index (χ2n) is 5.49. The summed E-state index contributed by atoms with van der Waals surface area (Å²) in [5, 5.41) is 11.3. The van der Waals surface area contributed by atoms with Crippen LogP contribution in [0.3, 0.4) is 0 Å². The molecule has 9 heteroatoms. The Bertz CT molecular complexity index is 717. The summed E-state index contributed by atoms with van der Waals surface area (Å²) in [6.07, 6.45) is -0.424. The Balaban J connectivity index is 2.76. The summed E-state index contributed by atoms with van der Waals surface area (Å²) in [6, 6.07) is 2.09. The molecule has 0 saturated carbocycles. The summed E-state index contributed by atoms with van der Waals surface area (Å²) in [5.74, 6) is -3.72. The fourth-order valence-electron chi connectivity index (χ4n) is 1.94. The Morgan fingerprint density at radius 2 is 1.96 bits per heavy atom. The van der Waals surface area contributed by atoms with Crippen LogP contribution >= 0.6 is 0 Å². The van der Waals surface area contributed by atoms with E-state index < -0.39 is 45.7 Å². The molecule has 0 spiro atoms. The van der Waals surface area contributed by atoms with Crippen LogP contribution in [0.25, 0.3) is 0 Å². The van der Waals surface area contributed by atoms with Crippen LogP contribution in [0, 0.1) is 11.7 Å². The zero-order valence-corrected chi connectivity index (χ0v) is 14.4. The van der Waals surface area contributed by atoms with Crippen LogP contribution in [0.5, 0.6) is 5.75 Å². The average molecular weight is 361 g/mol. The number of hydrogen-bond donors (Lipinski definition) is 2. The smallest absolute Gasteiger partial charge is 0.326 e. The van der Waals surface area contributed by atoms with E-state index in [9.17, 15) is 22.4 Å². The molecular weight excluding hydrogens is 341 g/mol. The molecule has 0 aromatic heterocycles. The number of amides is 1. The van der Waals surface area contributed by atoms with Gasteiger partial charge in [-0.15, -0.1) is 0 Å². The number of aliphatic carboxylic acids is 1. The van der Waals surface area contributed by atoms with Crippen LogP contribution in [-0.4, -0.2) is 44.3 Å². The lowest BCUT2D eigenvalue weighted by Crippen LogP contribution is -2.44. The van der Waals surface area contributed by atoms with Gasteiger partial charge >= 0.3 is 5.97 Å². The number of carboxylic acid groups (broad SMARTS) is 1. The molecule has 1 atom stereocenters. The van der Waals surface area contributed by atoms with E-state index in [2.05, 4.69) is 5.32 Å². The summed E-state index contributed by atoms with van der Waals surface area (Å²) >= 11 is 0. The predicted molar refractivity (Wildman–Crippen MR) is 84.0 cm³/mol. The van der Waals surface area contributed by atoms with Gasteiger partial charge in [-0.25, -0.2) is 17.6 Å². The van der Waals surface area contributed by atoms with Crippen molar-refractivity contribution in [3.8, 4) is 5.75 Å². The van der Waals surface area contributed by atoms with Crippen LogP contribution in [0.1, 0.15) is 20.3 Å². The lowest BCUT2D eigenvalue weighted by molar-refractivity contribution is -0.143. The van der Waals surface area contributed by atoms with Gasteiger partial charge in [-0.2, -0.15) is 0 Å². The maximum absolute atomic E-state index is 13.6. The molecular formula is C15H20FNO6S. The Hall–Kier alpha value is -2.16. The molecule has 24 heavy (non-hydrogen) atoms. The average Bonchev–Trinajstić information content (AvgIpc) is 2.50. The number of sulfone groups is 1. The summed E-state index contributed by atoms with van der Waals surface area (Å²) in [7, 11) is -2.63. The maximum Gasteiger partial charge on any atom is 0.326 e. The van der Waals surface area contributed by atoms with Crippen molar-refractivity contribution in [3.63, 3.8) is 0 Å². The number of hydrogen-bond acceptors (Lipinski definition) is 5. The first-order valence-electron chi connectivity index (χ1n) is 7.17. The normalized spacial score (nSPS) is 12.7. The SMILES string of the molecule is COc1ccc(S(=O)(=O)CCC(=O)N[C@@H](C(=O)O)C(C)C)cc1F. The van der Waals surface area contributed by atoms with E-state index in [0.717, 1.165) is 6.07 Å². The molecule has 0 heterocycles. The highest BCUT2D eigenvalue weighted by molar-refractivity contribution is 7.91. The molecule has 1 rings (SSSR count). The number of benzene rings is 1. The molecule has 1 aromatic rings. The van der Waals surface area contributed by atoms with Gasteiger partial charge in [-0.3, -0.25) is 4.79 Å². The zero-order valence-electron chi connectivity index (χ0n) is 13.6. The fourth-order valence-corrected chi connectivity index (χ4v) is 3.19. The fraction of sp³-hybridized carbons (Fsp3) is 0.467. The number of halogens is 1. The quantitative estimate of drug-likeness (QED) is 0.720. The molecule has 134 valence electrons. The number of carbonyl (C=O) groups excluding carboxylic acids is 1. The third-order valence-electron chi connectivity index (χ3n) is 3.33. The van der Waals surface area contributed by atoms with Crippen molar-refractivity contribution in [2.24, 2.45) is 5.92 Å². The minimum atomic E-state index is -3.88. The van der Waals surface area contributed by atoms with Gasteiger partial charge in [0.1, 0.15) is 6.04 Å². The highest BCUT2D eigenvalue weighted by Crippen LogP contribution is 2.21. The van der Waals surface area contributed by atoms with E-state index in [1.165, 1.54) is 19.2 Å². The molecule has 0 unspecified atom stereocenters. The van der Waals surface area contributed by atoms with Crippen molar-refractivity contribution >= 4 is 21.7 Å². The van der Waals surface area contributed by atoms with Crippen molar-refractivity contribution in [1.82, 2.24) is 5.32 Å². The summed E-state index contributed by atoms with van der Waals surface area (Å²) < 4.78 is 42.6. The van der Waals surface area contributed by atoms with Crippen LogP contribution in [-0.2, 0) is 19.4 Å². The van der Waals surface area contributed by atoms with Crippen molar-refractivity contribution in [1.29, 1.82) is 0 Å². The zero-order chi connectivity index (χ0) is 18.5. The first-order valence-corrected chi connectivity index (χ1v) is 8.82. The molecule has 0 radical (unpaired) electrons. The highest BCUT2D eigenvalue weighted by atomic mass is 32.2. The molecule has 0 saturated heterocycles. The van der Waals surface area contributed by atoms with Crippen molar-refractivity contribution in [3.05, 3.63) is 24.0 Å². The Kier molecular flexibility index (Phi) is 6.70. The van der Waals surface area contributed by atoms with Gasteiger partial charge in [0.05, 0.1) is 17.8 Å². The third-order valence-corrected chi connectivity index (χ3v) is 5.04. The number of carbonyl (C=O) groups is 2. The molecule has 2 N–H and O–H groups in total. The first-order chi connectivity index (χ1) is 11.1. The van der Waals surface area contributed by atoms with E-state index in [1.807, 2.05) is 0 Å². The summed E-state index contributed by atoms with van der Waals surface area (Å²) in [4.78, 5) is 22.5. The predicted octanol–water partition coefficient (Wildman–Crippen LogP) is 1.22. The summed E-state index contributed by atoms with van der Waals surface area (Å²) in [6.45, 7) is 3.24. The number of ether oxygens (including phenoxy) is 1. The topological polar surface area (TPSA) is 110 Å². The van der Waals surface area contributed by atoms with Crippen LogP contribution in [0.4, 0.5) is 4.39 Å². The van der Waals surface area contributed by atoms with Gasteiger partial charge in [0.2, 0.25) is 5.91 Å². The van der Waals surface area contributed by atoms with Crippen molar-refractivity contribution < 1.29 is 32.2 Å². The van der Waals surface area contributed by atoms with E-state index in [4.69, 9.17) is 9.84 Å². The monoisotopic (exact) mass is 361 g/mol. The Labute approximate surface area is 139 Å². The van der Waals surface area contributed by atoms with Crippen molar-refractivity contribution in [2.75, 3.05) is 12.9 Å². The minimum absolute atomic E-state index is 0.0899. The lowest BCUT2D eigenvalue weighted by Gasteiger charge is -2.17. The van der Waals surface area contributed by atoms with Crippen molar-refractivity contribution in [2.45, 2.75) is 31.2 Å². The second kappa shape index (κ2) is 8.09. The molecule has 0 bridgehead atoms. The Morgan fingerprint density at radius 1 is 1.33 bits per heavy atom. The standard InChI is InChI=1S/C15H20FNO6S/c1-9(2)14(15(19)20)17-13(18)6-7-24(21,22)10-4-5-12(23-3)11(16)8-10/h4-5,8-9,14H,6-7H2,1-3H3,(H,17,18)(H,19,20)/t14-/m1/s1. The summed E-state index contributed by atoms with van der Waals surface area (Å²) in [5.41, 5.74) is 0. The third kappa shape index (κ3) is 5.19. The van der Waals surface area contributed by atoms with Crippen LogP contribution in [0.2, 0.25) is 0 Å². The highest BCUT2D eigenvalue weighted by Gasteiger charge is 2.25. The molecule has 0 aliphatic heterocycles. The minimum Gasteiger partial charge on any atom is -0.494 e. The lowest BCUT2D eigenvalue weighted by atomic mass is 10.0. The Morgan fingerprint density at radius 3 is 2.42 bits per heavy atom. The van der Waals surface area contributed by atoms with Gasteiger partial charge in [0.15, 0.2) is 21.4 Å². The largest absolute Gasteiger partial charge is 0.494 e. The van der Waals surface area contributed by atoms with E-state index in [0.29, 0.717) is 0 Å². The molecule has 0 aliphatic rings. The number of methoxy groups -OCH3 is 1. The van der Waals surface area contributed by atoms with E-state index >= 15 is 0 Å². The number of rotatable bonds is 8. The van der Waals surface area contributed by atoms with Gasteiger partial charge in [0.25, 0.3) is 0 Å². The van der Waals surface area contributed by atoms with E-state index in [-0.39, 0.29) is 16.6 Å². The van der Waals surface area contributed by atoms with Gasteiger partial charge in [-0.1, -0.05) is 13.8 Å². The molecule has 7 nitrogen and oxygen atoms in total. The molecule has 1 aromatic carbocycles.